The fourth-order valence-electron chi connectivity index (χ4n) is 5.44. The van der Waals surface area contributed by atoms with Crippen LogP contribution in [0.15, 0.2) is 60.9 Å². The Bertz CT molecular complexity index is 1670. The molecule has 1 atom stereocenters. The summed E-state index contributed by atoms with van der Waals surface area (Å²) in [5.74, 6) is 0.435. The first kappa shape index (κ1) is 33.6. The van der Waals surface area contributed by atoms with Crippen molar-refractivity contribution in [2.75, 3.05) is 45.2 Å². The Morgan fingerprint density at radius 1 is 0.978 bits per heavy atom. The molecular formula is C34H37Cl2FN6O3. The summed E-state index contributed by atoms with van der Waals surface area (Å²) in [6.45, 7) is 2.46. The molecule has 4 aromatic rings. The van der Waals surface area contributed by atoms with Crippen molar-refractivity contribution in [2.45, 2.75) is 31.7 Å². The fraction of sp³-hybridized carbons (Fsp3) is 0.324. The lowest BCUT2D eigenvalue weighted by molar-refractivity contribution is -0.119. The summed E-state index contributed by atoms with van der Waals surface area (Å²) >= 11 is 13.9. The lowest BCUT2D eigenvalue weighted by atomic mass is 10.0. The van der Waals surface area contributed by atoms with Gasteiger partial charge in [-0.15, -0.1) is 0 Å². The van der Waals surface area contributed by atoms with E-state index in [4.69, 9.17) is 33.0 Å². The molecule has 0 spiro atoms. The summed E-state index contributed by atoms with van der Waals surface area (Å²) in [7, 11) is 1.63. The van der Waals surface area contributed by atoms with E-state index in [0.717, 1.165) is 42.8 Å². The van der Waals surface area contributed by atoms with Gasteiger partial charge < -0.3 is 31.1 Å². The normalized spacial score (nSPS) is 14.4. The zero-order chi connectivity index (χ0) is 32.5. The molecule has 3 heterocycles. The van der Waals surface area contributed by atoms with Crippen LogP contribution >= 0.6 is 23.2 Å². The van der Waals surface area contributed by atoms with Gasteiger partial charge in [0.05, 0.1) is 35.1 Å². The number of aliphatic hydroxyl groups is 1. The van der Waals surface area contributed by atoms with Crippen molar-refractivity contribution in [3.05, 3.63) is 87.9 Å². The average Bonchev–Trinajstić information content (AvgIpc) is 3.49. The summed E-state index contributed by atoms with van der Waals surface area (Å²) < 4.78 is 21.0. The van der Waals surface area contributed by atoms with Gasteiger partial charge in [-0.05, 0) is 67.7 Å². The second-order valence-electron chi connectivity index (χ2n) is 11.0. The van der Waals surface area contributed by atoms with Crippen LogP contribution in [0.4, 0.5) is 15.9 Å². The van der Waals surface area contributed by atoms with Crippen LogP contribution < -0.4 is 26.0 Å². The SMILES string of the molecule is COc1cc(-c2nccc(-c3cccc(Nc4nccc(CCNCCO)c4F)c3Cl)c2Cl)ccc1CCNC[C@@H]1CCC(=O)N1. The number of nitrogens with one attached hydrogen (secondary N) is 4. The Balaban J connectivity index is 1.32. The number of carbonyl (C=O) groups excluding carboxylic acids is 1. The maximum atomic E-state index is 15.3. The summed E-state index contributed by atoms with van der Waals surface area (Å²) in [5.41, 5.74) is 4.69. The highest BCUT2D eigenvalue weighted by Gasteiger charge is 2.20. The number of methoxy groups -OCH3 is 1. The summed E-state index contributed by atoms with van der Waals surface area (Å²) in [6.07, 6.45) is 5.86. The highest BCUT2D eigenvalue weighted by atomic mass is 35.5. The number of amides is 1. The number of aromatic nitrogens is 2. The number of hydrogen-bond donors (Lipinski definition) is 5. The Labute approximate surface area is 277 Å². The highest BCUT2D eigenvalue weighted by Crippen LogP contribution is 2.41. The summed E-state index contributed by atoms with van der Waals surface area (Å²) in [4.78, 5) is 20.2. The van der Waals surface area contributed by atoms with Gasteiger partial charge in [0.1, 0.15) is 5.75 Å². The Morgan fingerprint density at radius 2 is 1.76 bits per heavy atom. The number of benzene rings is 2. The lowest BCUT2D eigenvalue weighted by Crippen LogP contribution is -2.36. The molecule has 1 aliphatic rings. The van der Waals surface area contributed by atoms with Crippen LogP contribution in [-0.4, -0.2) is 66.9 Å². The predicted molar refractivity (Wildman–Crippen MR) is 181 cm³/mol. The van der Waals surface area contributed by atoms with E-state index >= 15 is 4.39 Å². The van der Waals surface area contributed by atoms with Crippen LogP contribution in [-0.2, 0) is 17.6 Å². The topological polar surface area (TPSA) is 120 Å². The first-order chi connectivity index (χ1) is 22.4. The zero-order valence-electron chi connectivity index (χ0n) is 25.5. The molecule has 5 rings (SSSR count). The van der Waals surface area contributed by atoms with Crippen molar-refractivity contribution in [2.24, 2.45) is 0 Å². The number of ether oxygens (including phenoxy) is 1. The second kappa shape index (κ2) is 16.2. The average molecular weight is 668 g/mol. The van der Waals surface area contributed by atoms with E-state index < -0.39 is 5.82 Å². The smallest absolute Gasteiger partial charge is 0.220 e. The number of halogens is 3. The van der Waals surface area contributed by atoms with E-state index in [1.54, 1.807) is 37.7 Å². The molecule has 5 N–H and O–H groups in total. The highest BCUT2D eigenvalue weighted by molar-refractivity contribution is 6.39. The Kier molecular flexibility index (Phi) is 11.8. The Hall–Kier alpha value is -3.80. The molecule has 9 nitrogen and oxygen atoms in total. The van der Waals surface area contributed by atoms with Crippen LogP contribution in [0.5, 0.6) is 5.75 Å². The van der Waals surface area contributed by atoms with Crippen LogP contribution in [0.1, 0.15) is 24.0 Å². The van der Waals surface area contributed by atoms with Crippen LogP contribution in [0.2, 0.25) is 10.0 Å². The van der Waals surface area contributed by atoms with Crippen LogP contribution in [0.25, 0.3) is 22.4 Å². The minimum atomic E-state index is -0.463. The van der Waals surface area contributed by atoms with Crippen molar-refractivity contribution in [3.63, 3.8) is 0 Å². The van der Waals surface area contributed by atoms with Crippen LogP contribution in [0, 0.1) is 5.82 Å². The standard InChI is InChI=1S/C34H37Cl2FN6O3/c1-46-28-19-23(6-5-21(28)9-14-39-20-24-7-8-29(45)42-24)33-31(36)26(12-16-40-33)25-3-2-4-27(30(25)35)43-34-32(37)22(11-15-41-34)10-13-38-17-18-44/h2-6,11-12,15-16,19,24,38-39,44H,7-10,13-14,17-18,20H2,1H3,(H,41,43)(H,42,45)/t24-/m0/s1. The molecule has 1 aliphatic heterocycles. The van der Waals surface area contributed by atoms with Gasteiger partial charge in [0, 0.05) is 54.6 Å². The minimum Gasteiger partial charge on any atom is -0.496 e. The third-order valence-corrected chi connectivity index (χ3v) is 8.66. The van der Waals surface area contributed by atoms with Gasteiger partial charge in [-0.1, -0.05) is 47.5 Å². The molecule has 2 aromatic heterocycles. The van der Waals surface area contributed by atoms with Crippen molar-refractivity contribution in [3.8, 4) is 28.1 Å². The minimum absolute atomic E-state index is 0.0205. The third kappa shape index (κ3) is 8.12. The van der Waals surface area contributed by atoms with E-state index in [1.165, 1.54) is 0 Å². The molecule has 1 amide bonds. The number of rotatable bonds is 15. The summed E-state index contributed by atoms with van der Waals surface area (Å²) in [6, 6.07) is 14.9. The van der Waals surface area contributed by atoms with Crippen molar-refractivity contribution in [1.29, 1.82) is 0 Å². The molecule has 1 saturated heterocycles. The van der Waals surface area contributed by atoms with E-state index in [2.05, 4.69) is 31.2 Å². The Morgan fingerprint density at radius 3 is 2.54 bits per heavy atom. The molecule has 46 heavy (non-hydrogen) atoms. The van der Waals surface area contributed by atoms with Gasteiger partial charge in [0.15, 0.2) is 11.6 Å². The number of nitrogens with zero attached hydrogens (tertiary/aromatic N) is 2. The number of aliphatic hydroxyl groups excluding tert-OH is 1. The van der Waals surface area contributed by atoms with Crippen LogP contribution in [0.3, 0.4) is 0 Å². The van der Waals surface area contributed by atoms with Crippen molar-refractivity contribution >= 4 is 40.6 Å². The fourth-order valence-corrected chi connectivity index (χ4v) is 6.03. The monoisotopic (exact) mass is 666 g/mol. The molecule has 0 unspecified atom stereocenters. The molecule has 1 fully saturated rings. The maximum absolute atomic E-state index is 15.3. The molecule has 12 heteroatoms. The number of anilines is 2. The largest absolute Gasteiger partial charge is 0.496 e. The van der Waals surface area contributed by atoms with Crippen molar-refractivity contribution in [1.82, 2.24) is 25.9 Å². The first-order valence-electron chi connectivity index (χ1n) is 15.2. The van der Waals surface area contributed by atoms with Gasteiger partial charge in [0.2, 0.25) is 5.91 Å². The van der Waals surface area contributed by atoms with E-state index in [-0.39, 0.29) is 24.4 Å². The molecule has 0 saturated carbocycles. The molecule has 0 aliphatic carbocycles. The molecule has 0 bridgehead atoms. The maximum Gasteiger partial charge on any atom is 0.220 e. The van der Waals surface area contributed by atoms with Crippen molar-refractivity contribution < 1.29 is 19.0 Å². The number of hydrogen-bond acceptors (Lipinski definition) is 8. The quantitative estimate of drug-likeness (QED) is 0.105. The number of pyridine rings is 2. The van der Waals surface area contributed by atoms with Gasteiger partial charge in [-0.2, -0.15) is 0 Å². The summed E-state index contributed by atoms with van der Waals surface area (Å²) in [5, 5.41) is 22.2. The number of carbonyl (C=O) groups is 1. The van der Waals surface area contributed by atoms with E-state index in [9.17, 15) is 4.79 Å². The zero-order valence-corrected chi connectivity index (χ0v) is 27.0. The molecule has 242 valence electrons. The predicted octanol–water partition coefficient (Wildman–Crippen LogP) is 5.54. The molecule has 2 aromatic carbocycles. The molecular weight excluding hydrogens is 630 g/mol. The second-order valence-corrected chi connectivity index (χ2v) is 11.7. The first-order valence-corrected chi connectivity index (χ1v) is 16.0. The van der Waals surface area contributed by atoms with E-state index in [1.807, 2.05) is 30.3 Å². The van der Waals surface area contributed by atoms with Gasteiger partial charge in [-0.25, -0.2) is 9.37 Å². The van der Waals surface area contributed by atoms with Gasteiger partial charge in [-0.3, -0.25) is 9.78 Å². The van der Waals surface area contributed by atoms with E-state index in [0.29, 0.717) is 64.0 Å². The van der Waals surface area contributed by atoms with Gasteiger partial charge >= 0.3 is 0 Å². The third-order valence-electron chi connectivity index (χ3n) is 7.87. The lowest BCUT2D eigenvalue weighted by Gasteiger charge is -2.16. The van der Waals surface area contributed by atoms with Gasteiger partial charge in [0.25, 0.3) is 0 Å². The molecule has 0 radical (unpaired) electrons.